The van der Waals surface area contributed by atoms with Crippen LogP contribution in [0.15, 0.2) is 30.3 Å². The number of carbonyl (C=O) groups excluding carboxylic acids is 2. The molecule has 0 aliphatic carbocycles. The fraction of sp³-hybridized carbons (Fsp3) is 0.333. The highest BCUT2D eigenvalue weighted by atomic mass is 16.3. The van der Waals surface area contributed by atoms with Gasteiger partial charge in [-0.15, -0.1) is 0 Å². The molecular formula is C12H17N3O3. The van der Waals surface area contributed by atoms with Gasteiger partial charge in [-0.3, -0.25) is 9.59 Å². The van der Waals surface area contributed by atoms with Crippen LogP contribution in [0.2, 0.25) is 0 Å². The molecule has 1 atom stereocenters. The molecule has 0 aliphatic rings. The summed E-state index contributed by atoms with van der Waals surface area (Å²) < 4.78 is 0. The molecule has 0 spiro atoms. The van der Waals surface area contributed by atoms with Crippen molar-refractivity contribution in [3.05, 3.63) is 35.9 Å². The van der Waals surface area contributed by atoms with Gasteiger partial charge in [0, 0.05) is 0 Å². The molecule has 0 aromatic heterocycles. The van der Waals surface area contributed by atoms with Crippen LogP contribution in [0.4, 0.5) is 0 Å². The van der Waals surface area contributed by atoms with Crippen molar-refractivity contribution in [2.24, 2.45) is 5.73 Å². The number of carbonyl (C=O) groups is 2. The van der Waals surface area contributed by atoms with Crippen molar-refractivity contribution in [1.29, 1.82) is 0 Å². The van der Waals surface area contributed by atoms with Gasteiger partial charge < -0.3 is 21.5 Å². The van der Waals surface area contributed by atoms with Crippen LogP contribution in [0, 0.1) is 0 Å². The molecule has 0 bridgehead atoms. The molecule has 6 heteroatoms. The zero-order valence-corrected chi connectivity index (χ0v) is 9.93. The molecule has 0 unspecified atom stereocenters. The van der Waals surface area contributed by atoms with Gasteiger partial charge in [0.25, 0.3) is 0 Å². The maximum absolute atomic E-state index is 11.5. The van der Waals surface area contributed by atoms with Crippen molar-refractivity contribution in [3.63, 3.8) is 0 Å². The van der Waals surface area contributed by atoms with E-state index in [-0.39, 0.29) is 25.6 Å². The lowest BCUT2D eigenvalue weighted by atomic mass is 10.1. The SMILES string of the molecule is NCC(=O)NCC(=O)N[C@@H](CO)c1ccccc1. The molecule has 1 aromatic carbocycles. The average Bonchev–Trinajstić information content (AvgIpc) is 2.43. The lowest BCUT2D eigenvalue weighted by Crippen LogP contribution is -2.41. The van der Waals surface area contributed by atoms with Crippen LogP contribution < -0.4 is 16.4 Å². The summed E-state index contributed by atoms with van der Waals surface area (Å²) in [5.74, 6) is -0.773. The first-order chi connectivity index (χ1) is 8.67. The van der Waals surface area contributed by atoms with Gasteiger partial charge in [0.15, 0.2) is 0 Å². The van der Waals surface area contributed by atoms with Crippen LogP contribution in [0.25, 0.3) is 0 Å². The minimum Gasteiger partial charge on any atom is -0.394 e. The van der Waals surface area contributed by atoms with E-state index in [0.29, 0.717) is 0 Å². The van der Waals surface area contributed by atoms with E-state index in [1.807, 2.05) is 18.2 Å². The van der Waals surface area contributed by atoms with Crippen LogP contribution in [-0.2, 0) is 9.59 Å². The number of nitrogens with one attached hydrogen (secondary N) is 2. The second-order valence-electron chi connectivity index (χ2n) is 3.69. The molecule has 0 heterocycles. The summed E-state index contributed by atoms with van der Waals surface area (Å²) in [4.78, 5) is 22.4. The van der Waals surface area contributed by atoms with E-state index in [1.54, 1.807) is 12.1 Å². The summed E-state index contributed by atoms with van der Waals surface area (Å²) in [5.41, 5.74) is 5.90. The Morgan fingerprint density at radius 3 is 2.44 bits per heavy atom. The third-order valence-electron chi connectivity index (χ3n) is 2.35. The first-order valence-corrected chi connectivity index (χ1v) is 5.59. The summed E-state index contributed by atoms with van der Waals surface area (Å²) in [6, 6.07) is 8.62. The monoisotopic (exact) mass is 251 g/mol. The minimum absolute atomic E-state index is 0.153. The predicted octanol–water partition coefficient (Wildman–Crippen LogP) is -1.09. The van der Waals surface area contributed by atoms with Gasteiger partial charge in [0.1, 0.15) is 0 Å². The first kappa shape index (κ1) is 14.1. The van der Waals surface area contributed by atoms with E-state index in [9.17, 15) is 14.7 Å². The number of aliphatic hydroxyl groups excluding tert-OH is 1. The Bertz CT molecular complexity index is 395. The number of rotatable bonds is 6. The van der Waals surface area contributed by atoms with Gasteiger partial charge in [-0.05, 0) is 5.56 Å². The maximum atomic E-state index is 11.5. The van der Waals surface area contributed by atoms with Crippen molar-refractivity contribution >= 4 is 11.8 Å². The van der Waals surface area contributed by atoms with Crippen molar-refractivity contribution in [2.75, 3.05) is 19.7 Å². The minimum atomic E-state index is -0.478. The molecule has 18 heavy (non-hydrogen) atoms. The van der Waals surface area contributed by atoms with Gasteiger partial charge in [-0.2, -0.15) is 0 Å². The molecule has 6 nitrogen and oxygen atoms in total. The largest absolute Gasteiger partial charge is 0.394 e. The molecule has 0 radical (unpaired) electrons. The van der Waals surface area contributed by atoms with Gasteiger partial charge in [-0.1, -0.05) is 30.3 Å². The number of benzene rings is 1. The van der Waals surface area contributed by atoms with Crippen molar-refractivity contribution in [3.8, 4) is 0 Å². The van der Waals surface area contributed by atoms with E-state index < -0.39 is 11.9 Å². The van der Waals surface area contributed by atoms with Crippen molar-refractivity contribution in [1.82, 2.24) is 10.6 Å². The summed E-state index contributed by atoms with van der Waals surface area (Å²) >= 11 is 0. The summed E-state index contributed by atoms with van der Waals surface area (Å²) in [6.07, 6.45) is 0. The summed E-state index contributed by atoms with van der Waals surface area (Å²) in [5, 5.41) is 14.2. The smallest absolute Gasteiger partial charge is 0.239 e. The summed E-state index contributed by atoms with van der Waals surface area (Å²) in [7, 11) is 0. The average molecular weight is 251 g/mol. The van der Waals surface area contributed by atoms with Gasteiger partial charge >= 0.3 is 0 Å². The molecule has 0 saturated carbocycles. The number of aliphatic hydroxyl groups is 1. The lowest BCUT2D eigenvalue weighted by Gasteiger charge is -2.16. The Morgan fingerprint density at radius 1 is 1.22 bits per heavy atom. The predicted molar refractivity (Wildman–Crippen MR) is 66.5 cm³/mol. The van der Waals surface area contributed by atoms with Gasteiger partial charge in [0.05, 0.1) is 25.7 Å². The molecule has 0 fully saturated rings. The molecule has 1 aromatic rings. The number of amides is 2. The van der Waals surface area contributed by atoms with Crippen LogP contribution in [0.1, 0.15) is 11.6 Å². The Morgan fingerprint density at radius 2 is 1.89 bits per heavy atom. The molecule has 2 amide bonds. The van der Waals surface area contributed by atoms with Crippen molar-refractivity contribution < 1.29 is 14.7 Å². The molecule has 5 N–H and O–H groups in total. The fourth-order valence-electron chi connectivity index (χ4n) is 1.42. The topological polar surface area (TPSA) is 104 Å². The molecule has 98 valence electrons. The van der Waals surface area contributed by atoms with Crippen molar-refractivity contribution in [2.45, 2.75) is 6.04 Å². The highest BCUT2D eigenvalue weighted by molar-refractivity contribution is 5.85. The maximum Gasteiger partial charge on any atom is 0.239 e. The second kappa shape index (κ2) is 7.41. The van der Waals surface area contributed by atoms with Gasteiger partial charge in [0.2, 0.25) is 11.8 Å². The Hall–Kier alpha value is -1.92. The quantitative estimate of drug-likeness (QED) is 0.515. The zero-order chi connectivity index (χ0) is 13.4. The number of hydrogen-bond acceptors (Lipinski definition) is 4. The number of hydrogen-bond donors (Lipinski definition) is 4. The molecule has 0 aliphatic heterocycles. The second-order valence-corrected chi connectivity index (χ2v) is 3.69. The van der Waals surface area contributed by atoms with Gasteiger partial charge in [-0.25, -0.2) is 0 Å². The Labute approximate surface area is 105 Å². The third kappa shape index (κ3) is 4.52. The van der Waals surface area contributed by atoms with Crippen LogP contribution in [0.5, 0.6) is 0 Å². The molecule has 0 saturated heterocycles. The van der Waals surface area contributed by atoms with Crippen LogP contribution in [0.3, 0.4) is 0 Å². The lowest BCUT2D eigenvalue weighted by molar-refractivity contribution is -0.125. The highest BCUT2D eigenvalue weighted by Crippen LogP contribution is 2.10. The molecule has 1 rings (SSSR count). The third-order valence-corrected chi connectivity index (χ3v) is 2.35. The highest BCUT2D eigenvalue weighted by Gasteiger charge is 2.13. The zero-order valence-electron chi connectivity index (χ0n) is 9.93. The number of nitrogens with two attached hydrogens (primary N) is 1. The standard InChI is InChI=1S/C12H17N3O3/c13-6-11(17)14-7-12(18)15-10(8-16)9-4-2-1-3-5-9/h1-5,10,16H,6-8,13H2,(H,14,17)(H,15,18)/t10-/m0/s1. The van der Waals surface area contributed by atoms with Crippen LogP contribution in [-0.4, -0.2) is 36.6 Å². The van der Waals surface area contributed by atoms with E-state index in [0.717, 1.165) is 5.56 Å². The van der Waals surface area contributed by atoms with E-state index in [4.69, 9.17) is 5.73 Å². The summed E-state index contributed by atoms with van der Waals surface area (Å²) in [6.45, 7) is -0.519. The molecular weight excluding hydrogens is 234 g/mol. The Balaban J connectivity index is 2.49. The van der Waals surface area contributed by atoms with E-state index in [2.05, 4.69) is 10.6 Å². The first-order valence-electron chi connectivity index (χ1n) is 5.59. The van der Waals surface area contributed by atoms with Crippen LogP contribution >= 0.6 is 0 Å². The van der Waals surface area contributed by atoms with E-state index in [1.165, 1.54) is 0 Å². The fourth-order valence-corrected chi connectivity index (χ4v) is 1.42. The Kier molecular flexibility index (Phi) is 5.83. The van der Waals surface area contributed by atoms with E-state index >= 15 is 0 Å². The normalized spacial score (nSPS) is 11.7.